The highest BCUT2D eigenvalue weighted by Gasteiger charge is 2.23. The molecule has 0 unspecified atom stereocenters. The molecule has 0 saturated heterocycles. The summed E-state index contributed by atoms with van der Waals surface area (Å²) < 4.78 is 27.4. The molecule has 7 heteroatoms. The monoisotopic (exact) mass is 392 g/mol. The first kappa shape index (κ1) is 19.1. The van der Waals surface area contributed by atoms with Gasteiger partial charge >= 0.3 is 0 Å². The molecule has 0 saturated carbocycles. The van der Waals surface area contributed by atoms with Crippen LogP contribution < -0.4 is 4.72 Å². The van der Waals surface area contributed by atoms with Crippen molar-refractivity contribution >= 4 is 27.3 Å². The summed E-state index contributed by atoms with van der Waals surface area (Å²) in [5, 5.41) is 2.02. The summed E-state index contributed by atoms with van der Waals surface area (Å²) in [7, 11) is -3.52. The Morgan fingerprint density at radius 3 is 2.77 bits per heavy atom. The highest BCUT2D eigenvalue weighted by molar-refractivity contribution is 7.89. The first-order chi connectivity index (χ1) is 12.3. The van der Waals surface area contributed by atoms with E-state index in [0.717, 1.165) is 24.0 Å². The molecule has 2 aromatic rings. The van der Waals surface area contributed by atoms with Gasteiger partial charge in [-0.25, -0.2) is 13.1 Å². The molecule has 0 atom stereocenters. The second-order valence-electron chi connectivity index (χ2n) is 6.85. The molecule has 1 aliphatic heterocycles. The van der Waals surface area contributed by atoms with Gasteiger partial charge in [0.05, 0.1) is 4.90 Å². The minimum absolute atomic E-state index is 0.123. The number of nitrogens with one attached hydrogen (secondary N) is 1. The van der Waals surface area contributed by atoms with Crippen molar-refractivity contribution in [2.75, 3.05) is 6.54 Å². The number of carbonyl (C=O) groups excluding carboxylic acids is 1. The second-order valence-corrected chi connectivity index (χ2v) is 9.60. The van der Waals surface area contributed by atoms with Crippen LogP contribution in [0.2, 0.25) is 0 Å². The molecule has 2 heterocycles. The van der Waals surface area contributed by atoms with Crippen molar-refractivity contribution in [3.05, 3.63) is 51.7 Å². The highest BCUT2D eigenvalue weighted by atomic mass is 32.2. The minimum atomic E-state index is -3.52. The van der Waals surface area contributed by atoms with Crippen LogP contribution in [0.3, 0.4) is 0 Å². The molecular weight excluding hydrogens is 368 g/mol. The van der Waals surface area contributed by atoms with E-state index in [1.54, 1.807) is 37.3 Å². The molecule has 0 spiro atoms. The molecule has 5 nitrogen and oxygen atoms in total. The molecule has 0 bridgehead atoms. The number of sulfonamides is 1. The third-order valence-electron chi connectivity index (χ3n) is 4.41. The van der Waals surface area contributed by atoms with Gasteiger partial charge in [-0.3, -0.25) is 4.79 Å². The summed E-state index contributed by atoms with van der Waals surface area (Å²) in [5.41, 5.74) is 2.04. The Bertz CT molecular complexity index is 874. The molecule has 0 fully saturated rings. The van der Waals surface area contributed by atoms with Crippen molar-refractivity contribution in [1.82, 2.24) is 9.62 Å². The Balaban J connectivity index is 1.70. The third-order valence-corrected chi connectivity index (χ3v) is 7.00. The van der Waals surface area contributed by atoms with Gasteiger partial charge in [0, 0.05) is 30.4 Å². The Kier molecular flexibility index (Phi) is 5.79. The molecular formula is C19H24N2O3S2. The van der Waals surface area contributed by atoms with E-state index in [0.29, 0.717) is 19.5 Å². The van der Waals surface area contributed by atoms with E-state index in [4.69, 9.17) is 0 Å². The number of hydrogen-bond donors (Lipinski definition) is 1. The van der Waals surface area contributed by atoms with Crippen molar-refractivity contribution in [3.8, 4) is 0 Å². The fourth-order valence-corrected chi connectivity index (χ4v) is 5.15. The maximum absolute atomic E-state index is 12.5. The number of benzene rings is 1. The van der Waals surface area contributed by atoms with Crippen LogP contribution in [0.4, 0.5) is 0 Å². The van der Waals surface area contributed by atoms with Gasteiger partial charge in [-0.15, -0.1) is 11.3 Å². The quantitative estimate of drug-likeness (QED) is 0.822. The summed E-state index contributed by atoms with van der Waals surface area (Å²) in [4.78, 5) is 15.8. The van der Waals surface area contributed by atoms with Crippen LogP contribution in [-0.4, -0.2) is 31.8 Å². The molecule has 1 N–H and O–H groups in total. The van der Waals surface area contributed by atoms with Gasteiger partial charge in [-0.1, -0.05) is 12.1 Å². The van der Waals surface area contributed by atoms with Crippen molar-refractivity contribution < 1.29 is 13.2 Å². The smallest absolute Gasteiger partial charge is 0.240 e. The first-order valence-electron chi connectivity index (χ1n) is 8.79. The Hall–Kier alpha value is -1.70. The van der Waals surface area contributed by atoms with Crippen molar-refractivity contribution in [2.24, 2.45) is 0 Å². The number of hydrogen-bond acceptors (Lipinski definition) is 4. The van der Waals surface area contributed by atoms with E-state index in [9.17, 15) is 13.2 Å². The largest absolute Gasteiger partial charge is 0.338 e. The number of aryl methyl sites for hydroxylation is 1. The van der Waals surface area contributed by atoms with Crippen LogP contribution in [0, 0.1) is 0 Å². The Morgan fingerprint density at radius 1 is 1.27 bits per heavy atom. The number of amides is 1. The summed E-state index contributed by atoms with van der Waals surface area (Å²) >= 11 is 1.67. The fraction of sp³-hybridized carbons (Fsp3) is 0.421. The van der Waals surface area contributed by atoms with Crippen molar-refractivity contribution in [3.63, 3.8) is 0 Å². The standard InChI is InChI=1S/C19H24N2O3S2/c1-14(2)20-26(23,24)18-7-5-15-9-10-21(13-16(15)12-18)19(22)8-6-17-4-3-11-25-17/h3-5,7,11-12,14,20H,6,8-10,13H2,1-2H3. The zero-order chi connectivity index (χ0) is 18.7. The molecule has 1 amide bonds. The summed E-state index contributed by atoms with van der Waals surface area (Å²) in [6.07, 6.45) is 2.01. The van der Waals surface area contributed by atoms with Crippen molar-refractivity contribution in [1.29, 1.82) is 0 Å². The van der Waals surface area contributed by atoms with Crippen molar-refractivity contribution in [2.45, 2.75) is 50.6 Å². The molecule has 1 aliphatic rings. The van der Waals surface area contributed by atoms with E-state index in [-0.39, 0.29) is 16.8 Å². The van der Waals surface area contributed by atoms with Crippen LogP contribution in [0.15, 0.2) is 40.6 Å². The second kappa shape index (κ2) is 7.90. The van der Waals surface area contributed by atoms with Crippen LogP contribution in [0.1, 0.15) is 36.3 Å². The van der Waals surface area contributed by atoms with Gasteiger partial charge in [0.2, 0.25) is 15.9 Å². The Morgan fingerprint density at radius 2 is 2.08 bits per heavy atom. The SMILES string of the molecule is CC(C)NS(=O)(=O)c1ccc2c(c1)CN(C(=O)CCc1cccs1)CC2. The van der Waals surface area contributed by atoms with E-state index < -0.39 is 10.0 Å². The molecule has 1 aromatic heterocycles. The number of rotatable bonds is 6. The molecule has 0 radical (unpaired) electrons. The first-order valence-corrected chi connectivity index (χ1v) is 11.2. The van der Waals surface area contributed by atoms with Gasteiger partial charge in [-0.2, -0.15) is 0 Å². The van der Waals surface area contributed by atoms with Crippen LogP contribution in [0.25, 0.3) is 0 Å². The molecule has 1 aromatic carbocycles. The van der Waals surface area contributed by atoms with Crippen LogP contribution >= 0.6 is 11.3 Å². The van der Waals surface area contributed by atoms with E-state index in [2.05, 4.69) is 4.72 Å². The average Bonchev–Trinajstić information content (AvgIpc) is 3.11. The summed E-state index contributed by atoms with van der Waals surface area (Å²) in [6, 6.07) is 9.11. The maximum atomic E-state index is 12.5. The maximum Gasteiger partial charge on any atom is 0.240 e. The molecule has 0 aliphatic carbocycles. The van der Waals surface area contributed by atoms with Gasteiger partial charge in [0.25, 0.3) is 0 Å². The number of nitrogens with zero attached hydrogens (tertiary/aromatic N) is 1. The lowest BCUT2D eigenvalue weighted by molar-refractivity contribution is -0.132. The zero-order valence-corrected chi connectivity index (χ0v) is 16.7. The third kappa shape index (κ3) is 4.52. The lowest BCUT2D eigenvalue weighted by atomic mass is 9.99. The van der Waals surface area contributed by atoms with Crippen LogP contribution in [0.5, 0.6) is 0 Å². The molecule has 3 rings (SSSR count). The lowest BCUT2D eigenvalue weighted by Gasteiger charge is -2.29. The average molecular weight is 393 g/mol. The minimum Gasteiger partial charge on any atom is -0.338 e. The summed E-state index contributed by atoms with van der Waals surface area (Å²) in [5.74, 6) is 0.123. The van der Waals surface area contributed by atoms with E-state index in [1.807, 2.05) is 28.5 Å². The molecule has 26 heavy (non-hydrogen) atoms. The fourth-order valence-electron chi connectivity index (χ4n) is 3.13. The van der Waals surface area contributed by atoms with Crippen LogP contribution in [-0.2, 0) is 34.2 Å². The van der Waals surface area contributed by atoms with Gasteiger partial charge < -0.3 is 4.90 Å². The predicted molar refractivity (Wildman–Crippen MR) is 104 cm³/mol. The summed E-state index contributed by atoms with van der Waals surface area (Å²) in [6.45, 7) is 4.75. The van der Waals surface area contributed by atoms with E-state index in [1.165, 1.54) is 4.88 Å². The number of carbonyl (C=O) groups is 1. The van der Waals surface area contributed by atoms with Gasteiger partial charge in [0.1, 0.15) is 0 Å². The predicted octanol–water partition coefficient (Wildman–Crippen LogP) is 2.95. The number of thiophene rings is 1. The van der Waals surface area contributed by atoms with Gasteiger partial charge in [0.15, 0.2) is 0 Å². The zero-order valence-electron chi connectivity index (χ0n) is 15.1. The van der Waals surface area contributed by atoms with E-state index >= 15 is 0 Å². The number of fused-ring (bicyclic) bond motifs is 1. The Labute approximate surface area is 159 Å². The van der Waals surface area contributed by atoms with Gasteiger partial charge in [-0.05, 0) is 61.4 Å². The molecule has 140 valence electrons. The normalized spacial score (nSPS) is 14.5. The highest BCUT2D eigenvalue weighted by Crippen LogP contribution is 2.23. The lowest BCUT2D eigenvalue weighted by Crippen LogP contribution is -2.36. The topological polar surface area (TPSA) is 66.5 Å².